The van der Waals surface area contributed by atoms with E-state index in [1.165, 1.54) is 17.5 Å². The Morgan fingerprint density at radius 1 is 1.24 bits per heavy atom. The zero-order chi connectivity index (χ0) is 11.8. The van der Waals surface area contributed by atoms with Gasteiger partial charge in [0.25, 0.3) is 0 Å². The number of carbonyl (C=O) groups is 1. The van der Waals surface area contributed by atoms with Gasteiger partial charge in [-0.25, -0.2) is 0 Å². The second kappa shape index (κ2) is 4.88. The zero-order valence-corrected chi connectivity index (χ0v) is 10.9. The van der Waals surface area contributed by atoms with E-state index in [0.717, 1.165) is 12.0 Å². The second-order valence-electron chi connectivity index (χ2n) is 5.37. The lowest BCUT2D eigenvalue weighted by atomic mass is 9.87. The van der Waals surface area contributed by atoms with Crippen LogP contribution < -0.4 is 6.15 Å². The third-order valence-corrected chi connectivity index (χ3v) is 2.70. The molecule has 0 heterocycles. The van der Waals surface area contributed by atoms with E-state index in [1.807, 2.05) is 26.8 Å². The molecule has 1 aromatic carbocycles. The van der Waals surface area contributed by atoms with E-state index < -0.39 is 5.60 Å². The second-order valence-corrected chi connectivity index (χ2v) is 5.37. The molecule has 1 aromatic rings. The molecule has 0 saturated carbocycles. The van der Waals surface area contributed by atoms with Crippen molar-refractivity contribution in [2.45, 2.75) is 45.6 Å². The van der Waals surface area contributed by atoms with Crippen molar-refractivity contribution in [3.05, 3.63) is 34.9 Å². The van der Waals surface area contributed by atoms with Gasteiger partial charge < -0.3 is 10.9 Å². The van der Waals surface area contributed by atoms with E-state index in [4.69, 9.17) is 4.74 Å². The number of fused-ring (bicyclic) bond motifs is 1. The molecule has 0 atom stereocenters. The molecule has 0 amide bonds. The maximum atomic E-state index is 11.6. The molecule has 17 heavy (non-hydrogen) atoms. The lowest BCUT2D eigenvalue weighted by molar-refractivity contribution is -0.153. The van der Waals surface area contributed by atoms with Crippen LogP contribution >= 0.6 is 0 Å². The predicted octanol–water partition coefficient (Wildman–Crippen LogP) is 2.83. The van der Waals surface area contributed by atoms with Crippen molar-refractivity contribution in [3.8, 4) is 0 Å². The van der Waals surface area contributed by atoms with Crippen molar-refractivity contribution in [1.29, 1.82) is 0 Å². The van der Waals surface area contributed by atoms with Crippen LogP contribution in [0.5, 0.6) is 0 Å². The smallest absolute Gasteiger partial charge is 0.310 e. The molecule has 0 unspecified atom stereocenters. The predicted molar refractivity (Wildman–Crippen MR) is 68.4 cm³/mol. The molecular formula is C14H21NO2. The Labute approximate surface area is 103 Å². The SMILES string of the molecule is CC(C)(C)OC(=O)Cc1ccc2c(c1)CC2.N. The van der Waals surface area contributed by atoms with Crippen molar-refractivity contribution in [3.63, 3.8) is 0 Å². The number of hydrogen-bond acceptors (Lipinski definition) is 3. The highest BCUT2D eigenvalue weighted by Crippen LogP contribution is 2.24. The summed E-state index contributed by atoms with van der Waals surface area (Å²) >= 11 is 0. The number of ether oxygens (including phenoxy) is 1. The minimum atomic E-state index is -0.392. The van der Waals surface area contributed by atoms with E-state index in [2.05, 4.69) is 12.1 Å². The molecule has 94 valence electrons. The largest absolute Gasteiger partial charge is 0.460 e. The van der Waals surface area contributed by atoms with Crippen molar-refractivity contribution >= 4 is 5.97 Å². The minimum absolute atomic E-state index is 0. The Hall–Kier alpha value is -1.35. The minimum Gasteiger partial charge on any atom is -0.460 e. The van der Waals surface area contributed by atoms with Crippen LogP contribution in [-0.4, -0.2) is 11.6 Å². The van der Waals surface area contributed by atoms with E-state index in [9.17, 15) is 4.79 Å². The Morgan fingerprint density at radius 2 is 1.88 bits per heavy atom. The van der Waals surface area contributed by atoms with Crippen LogP contribution in [0.2, 0.25) is 0 Å². The molecular weight excluding hydrogens is 214 g/mol. The fourth-order valence-corrected chi connectivity index (χ4v) is 1.90. The third-order valence-electron chi connectivity index (χ3n) is 2.70. The van der Waals surface area contributed by atoms with Crippen molar-refractivity contribution < 1.29 is 9.53 Å². The van der Waals surface area contributed by atoms with Gasteiger partial charge >= 0.3 is 5.97 Å². The fourth-order valence-electron chi connectivity index (χ4n) is 1.90. The van der Waals surface area contributed by atoms with Crippen LogP contribution in [0.15, 0.2) is 18.2 Å². The molecule has 2 rings (SSSR count). The van der Waals surface area contributed by atoms with Crippen LogP contribution in [0.4, 0.5) is 0 Å². The van der Waals surface area contributed by atoms with E-state index in [0.29, 0.717) is 6.42 Å². The van der Waals surface area contributed by atoms with Gasteiger partial charge in [-0.05, 0) is 50.3 Å². The molecule has 0 aliphatic heterocycles. The fraction of sp³-hybridized carbons (Fsp3) is 0.500. The van der Waals surface area contributed by atoms with Crippen molar-refractivity contribution in [2.75, 3.05) is 0 Å². The quantitative estimate of drug-likeness (QED) is 0.802. The van der Waals surface area contributed by atoms with Crippen molar-refractivity contribution in [2.24, 2.45) is 0 Å². The van der Waals surface area contributed by atoms with Gasteiger partial charge in [0.15, 0.2) is 0 Å². The van der Waals surface area contributed by atoms with Gasteiger partial charge in [0.05, 0.1) is 6.42 Å². The van der Waals surface area contributed by atoms with E-state index >= 15 is 0 Å². The highest BCUT2D eigenvalue weighted by molar-refractivity contribution is 5.73. The van der Waals surface area contributed by atoms with E-state index in [1.54, 1.807) is 0 Å². The summed E-state index contributed by atoms with van der Waals surface area (Å²) < 4.78 is 5.29. The summed E-state index contributed by atoms with van der Waals surface area (Å²) in [6, 6.07) is 6.28. The Bertz CT molecular complexity index is 419. The molecule has 0 fully saturated rings. The molecule has 1 aliphatic carbocycles. The monoisotopic (exact) mass is 235 g/mol. The van der Waals surface area contributed by atoms with Crippen molar-refractivity contribution in [1.82, 2.24) is 6.15 Å². The van der Waals surface area contributed by atoms with Gasteiger partial charge in [0.2, 0.25) is 0 Å². The Kier molecular flexibility index (Phi) is 3.94. The molecule has 0 aromatic heterocycles. The lowest BCUT2D eigenvalue weighted by Crippen LogP contribution is -2.25. The topological polar surface area (TPSA) is 61.3 Å². The highest BCUT2D eigenvalue weighted by Gasteiger charge is 2.18. The number of benzene rings is 1. The van der Waals surface area contributed by atoms with Crippen LogP contribution in [0.25, 0.3) is 0 Å². The molecule has 3 nitrogen and oxygen atoms in total. The molecule has 0 spiro atoms. The van der Waals surface area contributed by atoms with Gasteiger partial charge in [-0.2, -0.15) is 0 Å². The van der Waals surface area contributed by atoms with Crippen LogP contribution in [0.1, 0.15) is 37.5 Å². The van der Waals surface area contributed by atoms with Gasteiger partial charge in [-0.1, -0.05) is 18.2 Å². The maximum absolute atomic E-state index is 11.6. The number of aryl methyl sites for hydroxylation is 2. The lowest BCUT2D eigenvalue weighted by Gasteiger charge is -2.21. The summed E-state index contributed by atoms with van der Waals surface area (Å²) in [5, 5.41) is 0. The van der Waals surface area contributed by atoms with Gasteiger partial charge in [0.1, 0.15) is 5.60 Å². The van der Waals surface area contributed by atoms with Crippen LogP contribution in [0.3, 0.4) is 0 Å². The number of rotatable bonds is 2. The summed E-state index contributed by atoms with van der Waals surface area (Å²) in [7, 11) is 0. The van der Waals surface area contributed by atoms with Crippen LogP contribution in [0, 0.1) is 0 Å². The molecule has 1 aliphatic rings. The summed E-state index contributed by atoms with van der Waals surface area (Å²) in [5.41, 5.74) is 3.48. The Morgan fingerprint density at radius 3 is 2.35 bits per heavy atom. The first-order valence-corrected chi connectivity index (χ1v) is 5.76. The summed E-state index contributed by atoms with van der Waals surface area (Å²) in [5.74, 6) is -0.147. The standard InChI is InChI=1S/C14H18O2.H3N/c1-14(2,3)16-13(15)9-10-4-5-11-6-7-12(11)8-10;/h4-5,8H,6-7,9H2,1-3H3;1H3. The average Bonchev–Trinajstić information content (AvgIpc) is 2.06. The van der Waals surface area contributed by atoms with Gasteiger partial charge in [0, 0.05) is 0 Å². The third kappa shape index (κ3) is 3.56. The highest BCUT2D eigenvalue weighted by atomic mass is 16.6. The number of carbonyl (C=O) groups excluding carboxylic acids is 1. The summed E-state index contributed by atoms with van der Waals surface area (Å²) in [6.45, 7) is 5.67. The molecule has 0 radical (unpaired) electrons. The van der Waals surface area contributed by atoms with Crippen LogP contribution in [-0.2, 0) is 28.8 Å². The zero-order valence-electron chi connectivity index (χ0n) is 10.9. The van der Waals surface area contributed by atoms with Gasteiger partial charge in [-0.15, -0.1) is 0 Å². The molecule has 0 bridgehead atoms. The number of esters is 1. The maximum Gasteiger partial charge on any atom is 0.310 e. The molecule has 0 saturated heterocycles. The van der Waals surface area contributed by atoms with E-state index in [-0.39, 0.29) is 12.1 Å². The summed E-state index contributed by atoms with van der Waals surface area (Å²) in [4.78, 5) is 11.6. The average molecular weight is 235 g/mol. The normalized spacial score (nSPS) is 13.1. The number of hydrogen-bond donors (Lipinski definition) is 1. The van der Waals surface area contributed by atoms with Gasteiger partial charge in [-0.3, -0.25) is 4.79 Å². The first kappa shape index (κ1) is 13.7. The summed E-state index contributed by atoms with van der Waals surface area (Å²) in [6.07, 6.45) is 2.71. The molecule has 3 N–H and O–H groups in total. The first-order valence-electron chi connectivity index (χ1n) is 5.76. The molecule has 3 heteroatoms. The first-order chi connectivity index (χ1) is 7.44. The Balaban J connectivity index is 0.00000144.